The topological polar surface area (TPSA) is 106 Å². The summed E-state index contributed by atoms with van der Waals surface area (Å²) < 4.78 is 38.2. The van der Waals surface area contributed by atoms with E-state index in [1.54, 1.807) is 7.11 Å². The fourth-order valence-corrected chi connectivity index (χ4v) is 8.05. The summed E-state index contributed by atoms with van der Waals surface area (Å²) in [5.41, 5.74) is 6.65. The molecular formula is C45H47N3O7. The van der Waals surface area contributed by atoms with E-state index in [0.29, 0.717) is 58.1 Å². The number of hydrogen-bond donors (Lipinski definition) is 1. The Morgan fingerprint density at radius 2 is 1.71 bits per heavy atom. The summed E-state index contributed by atoms with van der Waals surface area (Å²) in [4.78, 5) is 13.9. The van der Waals surface area contributed by atoms with Crippen LogP contribution in [0.5, 0.6) is 11.5 Å². The Labute approximate surface area is 320 Å². The zero-order valence-electron chi connectivity index (χ0n) is 31.5. The molecule has 0 aliphatic carbocycles. The standard InChI is InChI=1S/C45H47N3O7/c1-3-53-44(49)43-36(16-10-26-54-40-17-8-12-31-11-4-5-13-34(31)40)35-14-9-15-37-41-38(29-52-25-7-6-24-48(43)42(35)37)46-47-39(41)30-55-33-20-18-32(19-21-33)45(50-2)22-27-51-28-23-45/h4-9,11-15,17-21H,3,10,16,22-30H2,1-2H3,(H,46,47)/b7-6-. The molecule has 0 atom stereocenters. The molecule has 2 aliphatic heterocycles. The van der Waals surface area contributed by atoms with E-state index >= 15 is 0 Å². The molecule has 0 spiro atoms. The number of para-hydroxylation sites is 1. The van der Waals surface area contributed by atoms with Gasteiger partial charge in [-0.25, -0.2) is 4.79 Å². The first-order valence-corrected chi connectivity index (χ1v) is 19.2. The number of rotatable bonds is 12. The quantitative estimate of drug-likeness (QED) is 0.0755. The Hall–Kier alpha value is -5.42. The molecule has 1 saturated heterocycles. The van der Waals surface area contributed by atoms with Crippen LogP contribution in [0, 0.1) is 0 Å². The van der Waals surface area contributed by atoms with Crippen molar-refractivity contribution >= 4 is 27.6 Å². The molecule has 2 aliphatic rings. The van der Waals surface area contributed by atoms with Gasteiger partial charge in [-0.15, -0.1) is 0 Å². The van der Waals surface area contributed by atoms with Gasteiger partial charge in [-0.3, -0.25) is 5.10 Å². The lowest BCUT2D eigenvalue weighted by atomic mass is 9.86. The molecule has 284 valence electrons. The fraction of sp³-hybridized carbons (Fsp3) is 0.333. The maximum atomic E-state index is 13.9. The van der Waals surface area contributed by atoms with Crippen LogP contribution in [0.3, 0.4) is 0 Å². The summed E-state index contributed by atoms with van der Waals surface area (Å²) in [5.74, 6) is 1.24. The number of aromatic amines is 1. The zero-order valence-corrected chi connectivity index (χ0v) is 31.5. The molecule has 10 heteroatoms. The predicted molar refractivity (Wildman–Crippen MR) is 212 cm³/mol. The third-order valence-electron chi connectivity index (χ3n) is 10.8. The Kier molecular flexibility index (Phi) is 11.0. The summed E-state index contributed by atoms with van der Waals surface area (Å²) in [6, 6.07) is 28.7. The number of fused-ring (bicyclic) bond motifs is 3. The highest BCUT2D eigenvalue weighted by atomic mass is 16.5. The molecule has 0 saturated carbocycles. The number of carbonyl (C=O) groups is 1. The van der Waals surface area contributed by atoms with Gasteiger partial charge in [-0.1, -0.05) is 78.9 Å². The second-order valence-corrected chi connectivity index (χ2v) is 13.9. The minimum atomic E-state index is -0.349. The van der Waals surface area contributed by atoms with Gasteiger partial charge in [-0.05, 0) is 54.5 Å². The van der Waals surface area contributed by atoms with Crippen LogP contribution in [-0.2, 0) is 50.7 Å². The van der Waals surface area contributed by atoms with E-state index in [1.807, 2.05) is 61.5 Å². The molecule has 8 rings (SSSR count). The third kappa shape index (κ3) is 7.37. The van der Waals surface area contributed by atoms with Gasteiger partial charge in [0.25, 0.3) is 0 Å². The van der Waals surface area contributed by atoms with Crippen LogP contribution < -0.4 is 9.47 Å². The average molecular weight is 742 g/mol. The van der Waals surface area contributed by atoms with Crippen molar-refractivity contribution in [2.45, 2.75) is 58.0 Å². The van der Waals surface area contributed by atoms with Crippen molar-refractivity contribution in [3.05, 3.63) is 125 Å². The first-order valence-electron chi connectivity index (χ1n) is 19.2. The smallest absolute Gasteiger partial charge is 0.355 e. The Morgan fingerprint density at radius 1 is 0.909 bits per heavy atom. The molecule has 4 heterocycles. The predicted octanol–water partition coefficient (Wildman–Crippen LogP) is 8.69. The number of aryl methyl sites for hydroxylation is 1. The van der Waals surface area contributed by atoms with Crippen molar-refractivity contribution in [2.75, 3.05) is 40.1 Å². The van der Waals surface area contributed by atoms with Crippen LogP contribution in [0.15, 0.2) is 97.1 Å². The molecule has 10 nitrogen and oxygen atoms in total. The third-order valence-corrected chi connectivity index (χ3v) is 10.8. The van der Waals surface area contributed by atoms with Crippen molar-refractivity contribution in [2.24, 2.45) is 0 Å². The van der Waals surface area contributed by atoms with Gasteiger partial charge in [-0.2, -0.15) is 5.10 Å². The second kappa shape index (κ2) is 16.5. The molecule has 2 aromatic heterocycles. The van der Waals surface area contributed by atoms with E-state index in [4.69, 9.17) is 33.5 Å². The van der Waals surface area contributed by atoms with E-state index in [0.717, 1.165) is 79.7 Å². The summed E-state index contributed by atoms with van der Waals surface area (Å²) >= 11 is 0. The van der Waals surface area contributed by atoms with Crippen molar-refractivity contribution in [1.29, 1.82) is 0 Å². The van der Waals surface area contributed by atoms with Crippen molar-refractivity contribution < 1.29 is 33.2 Å². The lowest BCUT2D eigenvalue weighted by molar-refractivity contribution is -0.0948. The molecule has 0 bridgehead atoms. The Morgan fingerprint density at radius 3 is 2.55 bits per heavy atom. The SMILES string of the molecule is CCOC(=O)c1c(CCCOc2cccc3ccccc23)c2cccc3c2n1C/C=C\COCc1[nH]nc(COc2ccc(C4(OC)CCOCC4)cc2)c1-3. The first kappa shape index (κ1) is 36.6. The maximum Gasteiger partial charge on any atom is 0.355 e. The molecule has 0 radical (unpaired) electrons. The fourth-order valence-electron chi connectivity index (χ4n) is 8.05. The zero-order chi connectivity index (χ0) is 37.6. The Balaban J connectivity index is 1.12. The van der Waals surface area contributed by atoms with Crippen molar-refractivity contribution in [3.8, 4) is 22.6 Å². The van der Waals surface area contributed by atoms with Gasteiger partial charge in [0.05, 0.1) is 43.2 Å². The number of nitrogens with one attached hydrogen (secondary N) is 1. The molecule has 1 N–H and O–H groups in total. The number of methoxy groups -OCH3 is 1. The van der Waals surface area contributed by atoms with E-state index in [-0.39, 0.29) is 24.8 Å². The summed E-state index contributed by atoms with van der Waals surface area (Å²) in [5, 5.41) is 11.2. The highest BCUT2D eigenvalue weighted by Crippen LogP contribution is 2.40. The van der Waals surface area contributed by atoms with Crippen LogP contribution in [-0.4, -0.2) is 60.9 Å². The number of benzene rings is 4. The number of carbonyl (C=O) groups excluding carboxylic acids is 1. The van der Waals surface area contributed by atoms with Crippen molar-refractivity contribution in [3.63, 3.8) is 0 Å². The van der Waals surface area contributed by atoms with Crippen LogP contribution in [0.1, 0.15) is 59.2 Å². The number of H-pyrrole nitrogens is 1. The highest BCUT2D eigenvalue weighted by molar-refractivity contribution is 6.05. The first-order chi connectivity index (χ1) is 27.1. The Bertz CT molecular complexity index is 2290. The summed E-state index contributed by atoms with van der Waals surface area (Å²) in [7, 11) is 1.77. The minimum absolute atomic E-state index is 0.229. The van der Waals surface area contributed by atoms with Gasteiger partial charge in [0.2, 0.25) is 0 Å². The molecule has 4 aromatic carbocycles. The van der Waals surface area contributed by atoms with E-state index in [2.05, 4.69) is 52.1 Å². The van der Waals surface area contributed by atoms with E-state index < -0.39 is 0 Å². The van der Waals surface area contributed by atoms with Crippen LogP contribution >= 0.6 is 0 Å². The number of allylic oxidation sites excluding steroid dienone is 1. The van der Waals surface area contributed by atoms with Crippen molar-refractivity contribution in [1.82, 2.24) is 14.8 Å². The van der Waals surface area contributed by atoms with E-state index in [9.17, 15) is 4.79 Å². The lowest BCUT2D eigenvalue weighted by Gasteiger charge is -2.36. The van der Waals surface area contributed by atoms with Gasteiger partial charge in [0.15, 0.2) is 0 Å². The van der Waals surface area contributed by atoms with E-state index in [1.165, 1.54) is 0 Å². The van der Waals surface area contributed by atoms with Gasteiger partial charge in [0, 0.05) is 61.6 Å². The lowest BCUT2D eigenvalue weighted by Crippen LogP contribution is -2.35. The second-order valence-electron chi connectivity index (χ2n) is 13.9. The number of esters is 1. The minimum Gasteiger partial charge on any atom is -0.493 e. The van der Waals surface area contributed by atoms with Crippen LogP contribution in [0.4, 0.5) is 0 Å². The van der Waals surface area contributed by atoms with Gasteiger partial charge >= 0.3 is 5.97 Å². The monoisotopic (exact) mass is 741 g/mol. The van der Waals surface area contributed by atoms with Crippen LogP contribution in [0.25, 0.3) is 32.8 Å². The summed E-state index contributed by atoms with van der Waals surface area (Å²) in [6.07, 6.45) is 6.99. The molecule has 6 aromatic rings. The molecule has 1 fully saturated rings. The normalized spacial score (nSPS) is 16.0. The summed E-state index contributed by atoms with van der Waals surface area (Å²) in [6.45, 7) is 5.41. The maximum absolute atomic E-state index is 13.9. The van der Waals surface area contributed by atoms with Gasteiger partial charge in [0.1, 0.15) is 29.5 Å². The largest absolute Gasteiger partial charge is 0.493 e. The molecule has 0 unspecified atom stereocenters. The number of nitrogens with zero attached hydrogens (tertiary/aromatic N) is 2. The average Bonchev–Trinajstić information content (AvgIpc) is 3.77. The highest BCUT2D eigenvalue weighted by Gasteiger charge is 2.34. The molecular weight excluding hydrogens is 695 g/mol. The van der Waals surface area contributed by atoms with Crippen LogP contribution in [0.2, 0.25) is 0 Å². The number of hydrogen-bond acceptors (Lipinski definition) is 8. The number of ether oxygens (including phenoxy) is 6. The molecule has 55 heavy (non-hydrogen) atoms. The molecule has 0 amide bonds. The number of aromatic nitrogens is 3. The van der Waals surface area contributed by atoms with Gasteiger partial charge < -0.3 is 33.0 Å².